The molecule has 7 unspecified atom stereocenters. The predicted octanol–water partition coefficient (Wildman–Crippen LogP) is 5.72. The molecule has 0 N–H and O–H groups in total. The normalized spacial score (nSPS) is 47.8. The molecular formula is C25H37NO2. The van der Waals surface area contributed by atoms with E-state index in [0.717, 1.165) is 38.5 Å². The molecule has 0 amide bonds. The van der Waals surface area contributed by atoms with E-state index in [4.69, 9.17) is 5.26 Å². The summed E-state index contributed by atoms with van der Waals surface area (Å²) in [6, 6.07) is 2.30. The Balaban J connectivity index is 1.64. The molecule has 154 valence electrons. The molecule has 28 heavy (non-hydrogen) atoms. The number of carbonyl (C=O) groups excluding carboxylic acids is 2. The number of unbranched alkanes of at least 4 members (excludes halogenated alkanes) is 1. The van der Waals surface area contributed by atoms with Gasteiger partial charge in [0.25, 0.3) is 0 Å². The molecule has 0 spiro atoms. The zero-order valence-corrected chi connectivity index (χ0v) is 18.0. The number of ketones is 2. The van der Waals surface area contributed by atoms with Crippen molar-refractivity contribution in [2.24, 2.45) is 46.3 Å². The van der Waals surface area contributed by atoms with Crippen molar-refractivity contribution in [1.29, 1.82) is 5.26 Å². The van der Waals surface area contributed by atoms with Crippen LogP contribution in [0.25, 0.3) is 0 Å². The molecule has 0 aromatic heterocycles. The molecule has 4 rings (SSSR count). The fourth-order valence-corrected chi connectivity index (χ4v) is 8.45. The van der Waals surface area contributed by atoms with Gasteiger partial charge < -0.3 is 0 Å². The van der Waals surface area contributed by atoms with Gasteiger partial charge in [0.15, 0.2) is 0 Å². The summed E-state index contributed by atoms with van der Waals surface area (Å²) >= 11 is 0. The van der Waals surface area contributed by atoms with E-state index in [2.05, 4.69) is 26.8 Å². The number of fused-ring (bicyclic) bond motifs is 5. The zero-order valence-electron chi connectivity index (χ0n) is 18.0. The number of hydrogen-bond acceptors (Lipinski definition) is 3. The Labute approximate surface area is 170 Å². The van der Waals surface area contributed by atoms with Crippen LogP contribution in [0.15, 0.2) is 0 Å². The van der Waals surface area contributed by atoms with Gasteiger partial charge in [0.2, 0.25) is 0 Å². The van der Waals surface area contributed by atoms with Crippen molar-refractivity contribution >= 4 is 11.6 Å². The highest BCUT2D eigenvalue weighted by Crippen LogP contribution is 2.68. The van der Waals surface area contributed by atoms with Gasteiger partial charge in [-0.2, -0.15) is 5.26 Å². The van der Waals surface area contributed by atoms with Gasteiger partial charge in [0.1, 0.15) is 11.6 Å². The smallest absolute Gasteiger partial charge is 0.139 e. The second-order valence-electron chi connectivity index (χ2n) is 10.9. The summed E-state index contributed by atoms with van der Waals surface area (Å²) in [4.78, 5) is 26.0. The Morgan fingerprint density at radius 2 is 1.79 bits per heavy atom. The van der Waals surface area contributed by atoms with E-state index in [0.29, 0.717) is 42.2 Å². The quantitative estimate of drug-likeness (QED) is 0.583. The standard InChI is InChI=1S/C25H37NO2/c1-4-18-21-15-17(27)10-12-25(21,3)20-11-13-24(2)16(7-5-6-14-26)8-9-19(24)22(20)23(18)28/h16,18-22H,4-13,15H2,1-3H3/t16?,18-,19?,20?,21?,22?,24?,25?/m0/s1. The molecule has 4 aliphatic rings. The predicted molar refractivity (Wildman–Crippen MR) is 109 cm³/mol. The topological polar surface area (TPSA) is 57.9 Å². The van der Waals surface area contributed by atoms with Gasteiger partial charge in [-0.05, 0) is 85.9 Å². The summed E-state index contributed by atoms with van der Waals surface area (Å²) in [5.41, 5.74) is 0.450. The number of carbonyl (C=O) groups is 2. The Kier molecular flexibility index (Phi) is 5.22. The SMILES string of the molecule is CC[C@@H]1C(=O)C2C3CCC(CCCC#N)C3(C)CCC2C2(C)CCC(=O)CC12. The highest BCUT2D eigenvalue weighted by molar-refractivity contribution is 5.88. The van der Waals surface area contributed by atoms with Crippen molar-refractivity contribution in [2.45, 2.75) is 91.4 Å². The first-order chi connectivity index (χ1) is 13.4. The molecule has 0 saturated heterocycles. The molecule has 3 nitrogen and oxygen atoms in total. The van der Waals surface area contributed by atoms with E-state index in [1.54, 1.807) is 0 Å². The van der Waals surface area contributed by atoms with Crippen LogP contribution in [-0.2, 0) is 9.59 Å². The van der Waals surface area contributed by atoms with Crippen LogP contribution in [-0.4, -0.2) is 11.6 Å². The number of nitrogens with zero attached hydrogens (tertiary/aromatic N) is 1. The lowest BCUT2D eigenvalue weighted by atomic mass is 9.42. The van der Waals surface area contributed by atoms with E-state index >= 15 is 0 Å². The highest BCUT2D eigenvalue weighted by atomic mass is 16.1. The lowest BCUT2D eigenvalue weighted by molar-refractivity contribution is -0.169. The zero-order chi connectivity index (χ0) is 20.1. The van der Waals surface area contributed by atoms with Gasteiger partial charge in [0.05, 0.1) is 6.07 Å². The molecule has 0 heterocycles. The molecular weight excluding hydrogens is 346 g/mol. The van der Waals surface area contributed by atoms with Crippen LogP contribution in [0.3, 0.4) is 0 Å². The molecule has 0 aliphatic heterocycles. The van der Waals surface area contributed by atoms with Gasteiger partial charge in [-0.15, -0.1) is 0 Å². The Morgan fingerprint density at radius 1 is 1.04 bits per heavy atom. The molecule has 4 aliphatic carbocycles. The molecule has 0 aromatic rings. The van der Waals surface area contributed by atoms with Crippen LogP contribution < -0.4 is 0 Å². The van der Waals surface area contributed by atoms with Crippen LogP contribution >= 0.6 is 0 Å². The number of nitriles is 1. The second-order valence-corrected chi connectivity index (χ2v) is 10.9. The molecule has 0 aromatic carbocycles. The number of hydrogen-bond donors (Lipinski definition) is 0. The van der Waals surface area contributed by atoms with Gasteiger partial charge in [-0.1, -0.05) is 20.8 Å². The minimum absolute atomic E-state index is 0.0930. The summed E-state index contributed by atoms with van der Waals surface area (Å²) in [5, 5.41) is 8.92. The highest BCUT2D eigenvalue weighted by Gasteiger charge is 2.64. The van der Waals surface area contributed by atoms with E-state index in [9.17, 15) is 9.59 Å². The minimum atomic E-state index is 0.0930. The lowest BCUT2D eigenvalue weighted by Crippen LogP contribution is -2.60. The van der Waals surface area contributed by atoms with E-state index in [-0.39, 0.29) is 28.6 Å². The maximum atomic E-state index is 13.8. The molecule has 4 saturated carbocycles. The Hall–Kier alpha value is -1.17. The molecule has 4 fully saturated rings. The maximum absolute atomic E-state index is 13.8. The number of rotatable bonds is 4. The van der Waals surface area contributed by atoms with Crippen LogP contribution in [0, 0.1) is 57.7 Å². The van der Waals surface area contributed by atoms with Crippen molar-refractivity contribution in [3.8, 4) is 6.07 Å². The first kappa shape index (κ1) is 20.1. The third kappa shape index (κ3) is 2.81. The van der Waals surface area contributed by atoms with Gasteiger partial charge >= 0.3 is 0 Å². The summed E-state index contributed by atoms with van der Waals surface area (Å²) < 4.78 is 0. The summed E-state index contributed by atoms with van der Waals surface area (Å²) in [7, 11) is 0. The minimum Gasteiger partial charge on any atom is -0.300 e. The van der Waals surface area contributed by atoms with Crippen molar-refractivity contribution in [1.82, 2.24) is 0 Å². The van der Waals surface area contributed by atoms with Gasteiger partial charge in [-0.25, -0.2) is 0 Å². The average molecular weight is 384 g/mol. The third-order valence-electron chi connectivity index (χ3n) is 10.0. The largest absolute Gasteiger partial charge is 0.300 e. The summed E-state index contributed by atoms with van der Waals surface area (Å²) in [6.07, 6.45) is 10.9. The van der Waals surface area contributed by atoms with Crippen molar-refractivity contribution < 1.29 is 9.59 Å². The van der Waals surface area contributed by atoms with Crippen molar-refractivity contribution in [3.05, 3.63) is 0 Å². The average Bonchev–Trinajstić information content (AvgIpc) is 3.00. The summed E-state index contributed by atoms with van der Waals surface area (Å²) in [5.74, 6) is 3.18. The van der Waals surface area contributed by atoms with Crippen LogP contribution in [0.1, 0.15) is 91.4 Å². The van der Waals surface area contributed by atoms with Crippen molar-refractivity contribution in [2.75, 3.05) is 0 Å². The van der Waals surface area contributed by atoms with Crippen LogP contribution in [0.4, 0.5) is 0 Å². The lowest BCUT2D eigenvalue weighted by Gasteiger charge is -2.61. The molecule has 3 heteroatoms. The van der Waals surface area contributed by atoms with E-state index < -0.39 is 0 Å². The first-order valence-electron chi connectivity index (χ1n) is 11.8. The fraction of sp³-hybridized carbons (Fsp3) is 0.880. The molecule has 0 bridgehead atoms. The van der Waals surface area contributed by atoms with Crippen molar-refractivity contribution in [3.63, 3.8) is 0 Å². The number of Topliss-reactive ketones (excluding diaryl/α,β-unsaturated/α-hetero) is 2. The maximum Gasteiger partial charge on any atom is 0.139 e. The van der Waals surface area contributed by atoms with E-state index in [1.807, 2.05) is 0 Å². The molecule has 8 atom stereocenters. The van der Waals surface area contributed by atoms with Gasteiger partial charge in [-0.3, -0.25) is 9.59 Å². The summed E-state index contributed by atoms with van der Waals surface area (Å²) in [6.45, 7) is 7.05. The third-order valence-corrected chi connectivity index (χ3v) is 10.0. The molecule has 0 radical (unpaired) electrons. The Bertz CT molecular complexity index is 693. The van der Waals surface area contributed by atoms with E-state index in [1.165, 1.54) is 19.3 Å². The van der Waals surface area contributed by atoms with Crippen LogP contribution in [0.2, 0.25) is 0 Å². The monoisotopic (exact) mass is 383 g/mol. The fourth-order valence-electron chi connectivity index (χ4n) is 8.45. The first-order valence-corrected chi connectivity index (χ1v) is 11.8. The van der Waals surface area contributed by atoms with Gasteiger partial charge in [0, 0.05) is 31.1 Å². The second kappa shape index (κ2) is 7.26. The Morgan fingerprint density at radius 3 is 2.50 bits per heavy atom. The van der Waals surface area contributed by atoms with Crippen LogP contribution in [0.5, 0.6) is 0 Å².